The Labute approximate surface area is 334 Å². The maximum absolute atomic E-state index is 6.40. The molecule has 0 fully saturated rings. The Morgan fingerprint density at radius 1 is 0.362 bits per heavy atom. The molecule has 6 heteroatoms. The quantitative estimate of drug-likeness (QED) is 0.159. The second-order valence-electron chi connectivity index (χ2n) is 14.9. The lowest BCUT2D eigenvalue weighted by atomic mass is 10.1. The van der Waals surface area contributed by atoms with Crippen molar-refractivity contribution in [2.75, 3.05) is 0 Å². The summed E-state index contributed by atoms with van der Waals surface area (Å²) in [5.74, 6) is 0. The maximum Gasteiger partial charge on any atom is 0.223 e. The van der Waals surface area contributed by atoms with E-state index in [1.165, 1.54) is 43.0 Å². The third-order valence-corrected chi connectivity index (χ3v) is 16.4. The van der Waals surface area contributed by atoms with E-state index in [4.69, 9.17) is 14.4 Å². The van der Waals surface area contributed by atoms with Gasteiger partial charge in [0.05, 0.1) is 22.1 Å². The molecule has 7 aromatic carbocycles. The number of benzene rings is 7. The van der Waals surface area contributed by atoms with Crippen molar-refractivity contribution in [1.82, 2.24) is 19.1 Å². The van der Waals surface area contributed by atoms with Crippen molar-refractivity contribution in [3.05, 3.63) is 207 Å². The van der Waals surface area contributed by atoms with E-state index >= 15 is 0 Å². The molecule has 12 aromatic rings. The molecule has 0 radical (unpaired) electrons. The Morgan fingerprint density at radius 3 is 1.45 bits per heavy atom. The molecule has 0 aliphatic carbocycles. The molecule has 0 saturated carbocycles. The second-order valence-corrected chi connectivity index (χ2v) is 18.6. The molecule has 12 rings (SSSR count). The van der Waals surface area contributed by atoms with Gasteiger partial charge >= 0.3 is 0 Å². The van der Waals surface area contributed by atoms with Crippen molar-refractivity contribution >= 4 is 94.6 Å². The van der Waals surface area contributed by atoms with Crippen LogP contribution in [0, 0.1) is 0 Å². The Hall–Kier alpha value is -7.54. The van der Waals surface area contributed by atoms with E-state index in [0.717, 1.165) is 55.0 Å². The lowest BCUT2D eigenvalue weighted by Gasteiger charge is -2.32. The van der Waals surface area contributed by atoms with Crippen molar-refractivity contribution < 1.29 is 4.42 Å². The minimum Gasteiger partial charge on any atom is -0.456 e. The molecule has 0 aliphatic rings. The normalized spacial score (nSPS) is 12.1. The second kappa shape index (κ2) is 12.7. The van der Waals surface area contributed by atoms with Crippen LogP contribution in [0.25, 0.3) is 76.9 Å². The highest BCUT2D eigenvalue weighted by Crippen LogP contribution is 2.41. The van der Waals surface area contributed by atoms with Gasteiger partial charge in [0.2, 0.25) is 8.07 Å². The molecule has 5 aromatic heterocycles. The molecule has 58 heavy (non-hydrogen) atoms. The zero-order valence-corrected chi connectivity index (χ0v) is 32.3. The number of para-hydroxylation sites is 4. The fraction of sp³-hybridized carbons (Fsp3) is 0. The van der Waals surface area contributed by atoms with Gasteiger partial charge in [-0.05, 0) is 95.3 Å². The number of fused-ring (bicyclic) bond motifs is 10. The average Bonchev–Trinajstić information content (AvgIpc) is 3.95. The van der Waals surface area contributed by atoms with Gasteiger partial charge in [0.15, 0.2) is 0 Å². The van der Waals surface area contributed by atoms with Gasteiger partial charge in [0.25, 0.3) is 0 Å². The van der Waals surface area contributed by atoms with E-state index in [1.807, 2.05) is 30.6 Å². The first-order valence-corrected chi connectivity index (χ1v) is 21.7. The summed E-state index contributed by atoms with van der Waals surface area (Å²) in [5.41, 5.74) is 8.61. The van der Waals surface area contributed by atoms with Crippen LogP contribution in [0.1, 0.15) is 0 Å². The van der Waals surface area contributed by atoms with E-state index in [0.29, 0.717) is 0 Å². The summed E-state index contributed by atoms with van der Waals surface area (Å²) in [4.78, 5) is 10.4. The maximum atomic E-state index is 6.40. The van der Waals surface area contributed by atoms with Crippen LogP contribution >= 0.6 is 0 Å². The van der Waals surface area contributed by atoms with Gasteiger partial charge in [0, 0.05) is 66.7 Å². The zero-order valence-electron chi connectivity index (χ0n) is 31.3. The van der Waals surface area contributed by atoms with Crippen LogP contribution in [0.15, 0.2) is 211 Å². The molecule has 0 N–H and O–H groups in total. The van der Waals surface area contributed by atoms with Crippen LogP contribution in [0.4, 0.5) is 0 Å². The summed E-state index contributed by atoms with van der Waals surface area (Å²) < 4.78 is 11.2. The first kappa shape index (κ1) is 32.7. The monoisotopic (exact) mass is 758 g/mol. The summed E-state index contributed by atoms with van der Waals surface area (Å²) in [6.45, 7) is 0. The molecule has 0 aliphatic heterocycles. The number of furan rings is 1. The molecular weight excluding hydrogens is 725 g/mol. The Kier molecular flexibility index (Phi) is 7.18. The Morgan fingerprint density at radius 2 is 0.862 bits per heavy atom. The van der Waals surface area contributed by atoms with Crippen molar-refractivity contribution in [2.45, 2.75) is 0 Å². The van der Waals surface area contributed by atoms with Gasteiger partial charge in [-0.1, -0.05) is 109 Å². The van der Waals surface area contributed by atoms with Gasteiger partial charge in [-0.25, -0.2) is 0 Å². The average molecular weight is 759 g/mol. The number of rotatable bonds is 6. The van der Waals surface area contributed by atoms with Gasteiger partial charge < -0.3 is 13.6 Å². The van der Waals surface area contributed by atoms with E-state index in [-0.39, 0.29) is 0 Å². The van der Waals surface area contributed by atoms with Crippen LogP contribution in [-0.2, 0) is 0 Å². The number of hydrogen-bond acceptors (Lipinski definition) is 3. The van der Waals surface area contributed by atoms with Crippen molar-refractivity contribution in [2.24, 2.45) is 0 Å². The van der Waals surface area contributed by atoms with Crippen molar-refractivity contribution in [1.29, 1.82) is 0 Å². The number of hydrogen-bond donors (Lipinski definition) is 0. The summed E-state index contributed by atoms with van der Waals surface area (Å²) in [6, 6.07) is 69.7. The predicted molar refractivity (Wildman–Crippen MR) is 242 cm³/mol. The van der Waals surface area contributed by atoms with Gasteiger partial charge in [-0.15, -0.1) is 0 Å². The van der Waals surface area contributed by atoms with Crippen LogP contribution in [-0.4, -0.2) is 27.2 Å². The van der Waals surface area contributed by atoms with E-state index in [2.05, 4.69) is 185 Å². The van der Waals surface area contributed by atoms with E-state index in [1.54, 1.807) is 0 Å². The van der Waals surface area contributed by atoms with Gasteiger partial charge in [-0.2, -0.15) is 0 Å². The number of aromatic nitrogens is 4. The first-order chi connectivity index (χ1) is 28.8. The summed E-state index contributed by atoms with van der Waals surface area (Å²) in [6.07, 6.45) is 3.85. The summed E-state index contributed by atoms with van der Waals surface area (Å²) in [5, 5.41) is 11.6. The first-order valence-electron chi connectivity index (χ1n) is 19.7. The fourth-order valence-electron chi connectivity index (χ4n) is 9.57. The summed E-state index contributed by atoms with van der Waals surface area (Å²) >= 11 is 0. The molecular formula is C52H34N4OSi. The molecule has 0 unspecified atom stereocenters. The van der Waals surface area contributed by atoms with Crippen LogP contribution in [0.5, 0.6) is 0 Å². The van der Waals surface area contributed by atoms with Crippen LogP contribution in [0.2, 0.25) is 0 Å². The minimum atomic E-state index is -3.19. The molecule has 0 amide bonds. The molecule has 5 nitrogen and oxygen atoms in total. The Bertz CT molecular complexity index is 3440. The third-order valence-electron chi connectivity index (χ3n) is 11.9. The predicted octanol–water partition coefficient (Wildman–Crippen LogP) is 9.95. The highest BCUT2D eigenvalue weighted by molar-refractivity contribution is 7.19. The van der Waals surface area contributed by atoms with Gasteiger partial charge in [-0.3, -0.25) is 9.97 Å². The molecule has 5 heterocycles. The molecule has 0 bridgehead atoms. The van der Waals surface area contributed by atoms with Crippen LogP contribution < -0.4 is 21.0 Å². The number of nitrogens with zero attached hydrogens (tertiary/aromatic N) is 4. The topological polar surface area (TPSA) is 48.8 Å². The van der Waals surface area contributed by atoms with Crippen LogP contribution in [0.3, 0.4) is 0 Å². The van der Waals surface area contributed by atoms with Gasteiger partial charge in [0.1, 0.15) is 11.2 Å². The lowest BCUT2D eigenvalue weighted by Crippen LogP contribution is -2.76. The Balaban J connectivity index is 1.16. The highest BCUT2D eigenvalue weighted by atomic mass is 28.3. The molecule has 0 saturated heterocycles. The lowest BCUT2D eigenvalue weighted by molar-refractivity contribution is 0.669. The zero-order chi connectivity index (χ0) is 38.2. The van der Waals surface area contributed by atoms with E-state index in [9.17, 15) is 0 Å². The molecule has 272 valence electrons. The highest BCUT2D eigenvalue weighted by Gasteiger charge is 2.45. The summed E-state index contributed by atoms with van der Waals surface area (Å²) in [7, 11) is -3.19. The third kappa shape index (κ3) is 4.63. The number of pyridine rings is 2. The molecule has 0 spiro atoms. The van der Waals surface area contributed by atoms with Crippen molar-refractivity contribution in [3.8, 4) is 11.4 Å². The SMILES string of the molecule is c1ccc([Si](c2cccc(-n3c4ccccc4c4ccccc43)c2)(c2cccc(-n3c4ccccc4c4c5c(ccc43)oc3ccccc35)c2)c2ccccn2)nc1. The van der Waals surface area contributed by atoms with Crippen molar-refractivity contribution in [3.63, 3.8) is 0 Å². The largest absolute Gasteiger partial charge is 0.456 e. The standard InChI is InChI=1S/C52H34N4OSi/c1-5-23-43-39(19-1)40-20-2-6-24-44(40)55(43)35-15-13-17-37(33-35)58(49-27-9-11-31-53-49,50-28-10-12-32-54-50)38-18-14-16-36(34-38)56-45-25-7-3-21-41(45)51-46(56)29-30-48-52(51)42-22-4-8-26-47(42)57-48/h1-34H. The minimum absolute atomic E-state index is 0.894. The molecule has 0 atom stereocenters. The fourth-order valence-corrected chi connectivity index (χ4v) is 14.0. The smallest absolute Gasteiger partial charge is 0.223 e. The van der Waals surface area contributed by atoms with E-state index < -0.39 is 8.07 Å².